The maximum atomic E-state index is 12.0. The molecule has 3 aromatic carbocycles. The fourth-order valence-electron chi connectivity index (χ4n) is 4.94. The van der Waals surface area contributed by atoms with E-state index in [2.05, 4.69) is 34.3 Å². The van der Waals surface area contributed by atoms with Gasteiger partial charge in [0.2, 0.25) is 5.16 Å². The van der Waals surface area contributed by atoms with Gasteiger partial charge >= 0.3 is 6.09 Å². The van der Waals surface area contributed by atoms with Gasteiger partial charge in [-0.05, 0) is 38.2 Å². The van der Waals surface area contributed by atoms with Crippen LogP contribution in [0.15, 0.2) is 90.6 Å². The number of rotatable bonds is 11. The van der Waals surface area contributed by atoms with Gasteiger partial charge in [0.1, 0.15) is 6.61 Å². The highest BCUT2D eigenvalue weighted by atomic mass is 32.2. The molecule has 2 N–H and O–H groups in total. The SMILES string of the molecule is C=CCOC(=O)NCc1ccccc1-c1ccc(C2OC(CSc3nnnn3C)C(C)C(c3ccc(CO)cc3)O2)cc1. The molecule has 0 bridgehead atoms. The van der Waals surface area contributed by atoms with E-state index in [-0.39, 0.29) is 31.3 Å². The molecule has 0 saturated carbocycles. The third-order valence-corrected chi connectivity index (χ3v) is 8.45. The van der Waals surface area contributed by atoms with Gasteiger partial charge in [0.15, 0.2) is 6.29 Å². The molecule has 1 aliphatic rings. The number of aromatic nitrogens is 4. The second-order valence-corrected chi connectivity index (χ2v) is 11.2. The minimum absolute atomic E-state index is 0.0109. The third-order valence-electron chi connectivity index (χ3n) is 7.35. The Morgan fingerprint density at radius 2 is 1.84 bits per heavy atom. The minimum atomic E-state index is -0.590. The number of aliphatic hydroxyl groups is 1. The molecule has 4 atom stereocenters. The van der Waals surface area contributed by atoms with Crippen LogP contribution in [0.1, 0.15) is 41.6 Å². The molecule has 0 aliphatic carbocycles. The lowest BCUT2D eigenvalue weighted by Crippen LogP contribution is -2.38. The molecule has 4 aromatic rings. The number of amides is 1. The standard InChI is InChI=1S/C32H35N5O5S/c1-4-17-40-32(39)33-18-26-7-5-6-8-27(26)23-13-15-25(16-14-23)30-41-28(20-43-31-34-35-36-37(31)3)21(2)29(42-30)24-11-9-22(19-38)10-12-24/h4-16,21,28-30,38H,1,17-20H2,2-3H3,(H,33,39). The number of aryl methyl sites for hydroxylation is 1. The number of thioether (sulfide) groups is 1. The fraction of sp³-hybridized carbons (Fsp3) is 0.312. The maximum absolute atomic E-state index is 12.0. The number of nitrogens with zero attached hydrogens (tertiary/aromatic N) is 4. The first-order chi connectivity index (χ1) is 21.0. The Balaban J connectivity index is 1.35. The summed E-state index contributed by atoms with van der Waals surface area (Å²) in [5, 5.41) is 24.8. The molecule has 5 rings (SSSR count). The van der Waals surface area contributed by atoms with Gasteiger partial charge in [-0.15, -0.1) is 5.10 Å². The van der Waals surface area contributed by atoms with E-state index >= 15 is 0 Å². The molecule has 1 saturated heterocycles. The van der Waals surface area contributed by atoms with Crippen LogP contribution in [0, 0.1) is 5.92 Å². The average Bonchev–Trinajstić information content (AvgIpc) is 3.46. The third kappa shape index (κ3) is 7.49. The lowest BCUT2D eigenvalue weighted by atomic mass is 9.91. The van der Waals surface area contributed by atoms with Crippen molar-refractivity contribution >= 4 is 17.9 Å². The molecule has 1 amide bonds. The zero-order chi connectivity index (χ0) is 30.2. The largest absolute Gasteiger partial charge is 0.445 e. The number of tetrazole rings is 1. The predicted octanol–water partition coefficient (Wildman–Crippen LogP) is 5.37. The molecule has 4 unspecified atom stereocenters. The van der Waals surface area contributed by atoms with Crippen LogP contribution in [0.25, 0.3) is 11.1 Å². The molecule has 0 radical (unpaired) electrons. The van der Waals surface area contributed by atoms with Crippen LogP contribution in [0.4, 0.5) is 4.79 Å². The second-order valence-electron chi connectivity index (χ2n) is 10.2. The van der Waals surface area contributed by atoms with Crippen molar-refractivity contribution < 1.29 is 24.1 Å². The number of carbonyl (C=O) groups is 1. The number of aliphatic hydroxyl groups excluding tert-OH is 1. The van der Waals surface area contributed by atoms with E-state index in [0.29, 0.717) is 17.5 Å². The van der Waals surface area contributed by atoms with Crippen LogP contribution in [-0.2, 0) is 34.4 Å². The van der Waals surface area contributed by atoms with E-state index in [0.717, 1.165) is 33.4 Å². The first-order valence-electron chi connectivity index (χ1n) is 14.0. The van der Waals surface area contributed by atoms with Crippen molar-refractivity contribution in [3.05, 3.63) is 108 Å². The summed E-state index contributed by atoms with van der Waals surface area (Å²) in [5.74, 6) is 0.690. The second kappa shape index (κ2) is 14.4. The highest BCUT2D eigenvalue weighted by Gasteiger charge is 2.38. The molecule has 11 heteroatoms. The summed E-state index contributed by atoms with van der Waals surface area (Å²) in [6.45, 7) is 6.17. The molecular formula is C32H35N5O5S. The van der Waals surface area contributed by atoms with Gasteiger partial charge < -0.3 is 24.6 Å². The van der Waals surface area contributed by atoms with Crippen molar-refractivity contribution in [2.45, 2.75) is 43.7 Å². The first-order valence-corrected chi connectivity index (χ1v) is 15.0. The monoisotopic (exact) mass is 601 g/mol. The maximum Gasteiger partial charge on any atom is 0.407 e. The normalized spacial score (nSPS) is 20.0. The number of benzene rings is 3. The van der Waals surface area contributed by atoms with E-state index in [4.69, 9.17) is 14.2 Å². The summed E-state index contributed by atoms with van der Waals surface area (Å²) in [4.78, 5) is 12.0. The summed E-state index contributed by atoms with van der Waals surface area (Å²) < 4.78 is 19.8. The lowest BCUT2D eigenvalue weighted by molar-refractivity contribution is -0.268. The van der Waals surface area contributed by atoms with Gasteiger partial charge in [-0.2, -0.15) is 0 Å². The summed E-state index contributed by atoms with van der Waals surface area (Å²) in [6.07, 6.45) is 0.0839. The average molecular weight is 602 g/mol. The molecule has 43 heavy (non-hydrogen) atoms. The lowest BCUT2D eigenvalue weighted by Gasteiger charge is -2.41. The van der Waals surface area contributed by atoms with E-state index in [1.54, 1.807) is 16.4 Å². The van der Waals surface area contributed by atoms with Gasteiger partial charge in [-0.25, -0.2) is 9.48 Å². The minimum Gasteiger partial charge on any atom is -0.445 e. The van der Waals surface area contributed by atoms with Gasteiger partial charge in [0, 0.05) is 30.8 Å². The van der Waals surface area contributed by atoms with Crippen molar-refractivity contribution in [2.24, 2.45) is 13.0 Å². The smallest absolute Gasteiger partial charge is 0.407 e. The van der Waals surface area contributed by atoms with Gasteiger partial charge in [-0.1, -0.05) is 104 Å². The Bertz CT molecular complexity index is 1510. The Labute approximate surface area is 255 Å². The van der Waals surface area contributed by atoms with Crippen LogP contribution in [0.3, 0.4) is 0 Å². The number of ether oxygens (including phenoxy) is 3. The summed E-state index contributed by atoms with van der Waals surface area (Å²) >= 11 is 1.55. The zero-order valence-electron chi connectivity index (χ0n) is 24.1. The van der Waals surface area contributed by atoms with Gasteiger partial charge in [0.25, 0.3) is 0 Å². The van der Waals surface area contributed by atoms with E-state index in [1.165, 1.54) is 6.08 Å². The van der Waals surface area contributed by atoms with Crippen molar-refractivity contribution in [3.8, 4) is 11.1 Å². The number of carbonyl (C=O) groups excluding carboxylic acids is 1. The highest BCUT2D eigenvalue weighted by molar-refractivity contribution is 7.99. The van der Waals surface area contributed by atoms with Gasteiger partial charge in [-0.3, -0.25) is 0 Å². The molecule has 10 nitrogen and oxygen atoms in total. The predicted molar refractivity (Wildman–Crippen MR) is 163 cm³/mol. The van der Waals surface area contributed by atoms with Crippen molar-refractivity contribution in [3.63, 3.8) is 0 Å². The molecule has 2 heterocycles. The fourth-order valence-corrected chi connectivity index (χ4v) is 5.95. The van der Waals surface area contributed by atoms with E-state index in [9.17, 15) is 9.90 Å². The number of nitrogens with one attached hydrogen (secondary N) is 1. The van der Waals surface area contributed by atoms with E-state index in [1.807, 2.05) is 79.8 Å². The number of hydrogen-bond acceptors (Lipinski definition) is 9. The number of alkyl carbamates (subject to hydrolysis) is 1. The van der Waals surface area contributed by atoms with E-state index < -0.39 is 12.4 Å². The number of hydrogen-bond donors (Lipinski definition) is 2. The summed E-state index contributed by atoms with van der Waals surface area (Å²) in [6, 6.07) is 23.9. The van der Waals surface area contributed by atoms with Gasteiger partial charge in [0.05, 0.1) is 18.8 Å². The Kier molecular flexibility index (Phi) is 10.2. The quantitative estimate of drug-likeness (QED) is 0.173. The van der Waals surface area contributed by atoms with Crippen LogP contribution in [0.5, 0.6) is 0 Å². The molecule has 0 spiro atoms. The zero-order valence-corrected chi connectivity index (χ0v) is 24.9. The molecule has 1 fully saturated rings. The molecule has 1 aromatic heterocycles. The van der Waals surface area contributed by atoms with Crippen molar-refractivity contribution in [1.82, 2.24) is 25.5 Å². The molecule has 224 valence electrons. The molecular weight excluding hydrogens is 566 g/mol. The first kappa shape index (κ1) is 30.4. The summed E-state index contributed by atoms with van der Waals surface area (Å²) in [7, 11) is 1.81. The van der Waals surface area contributed by atoms with Crippen LogP contribution in [0.2, 0.25) is 0 Å². The molecule has 1 aliphatic heterocycles. The van der Waals surface area contributed by atoms with Crippen molar-refractivity contribution in [1.29, 1.82) is 0 Å². The highest BCUT2D eigenvalue weighted by Crippen LogP contribution is 2.43. The Morgan fingerprint density at radius 3 is 2.53 bits per heavy atom. The summed E-state index contributed by atoms with van der Waals surface area (Å²) in [5.41, 5.74) is 5.74. The topological polar surface area (TPSA) is 121 Å². The van der Waals surface area contributed by atoms with Crippen LogP contribution in [-0.4, -0.2) is 49.9 Å². The van der Waals surface area contributed by atoms with Crippen LogP contribution < -0.4 is 5.32 Å². The van der Waals surface area contributed by atoms with Crippen molar-refractivity contribution in [2.75, 3.05) is 12.4 Å². The van der Waals surface area contributed by atoms with Crippen LogP contribution >= 0.6 is 11.8 Å². The Hall–Kier alpha value is -4.03. The Morgan fingerprint density at radius 1 is 1.09 bits per heavy atom.